The van der Waals surface area contributed by atoms with E-state index in [0.29, 0.717) is 23.2 Å². The zero-order valence-electron chi connectivity index (χ0n) is 19.2. The molecule has 2 N–H and O–H groups in total. The van der Waals surface area contributed by atoms with Gasteiger partial charge in [0.2, 0.25) is 0 Å². The number of aliphatic hydroxyl groups is 1. The van der Waals surface area contributed by atoms with E-state index in [1.165, 1.54) is 24.1 Å². The van der Waals surface area contributed by atoms with Crippen molar-refractivity contribution >= 4 is 23.3 Å². The van der Waals surface area contributed by atoms with Crippen LogP contribution in [0.1, 0.15) is 29.2 Å². The monoisotopic (exact) mass is 471 g/mol. The second-order valence-electron chi connectivity index (χ2n) is 8.26. The van der Waals surface area contributed by atoms with Gasteiger partial charge in [-0.1, -0.05) is 54.6 Å². The standard InChI is InChI=1S/C28H25NO6/c1-35-24(32)16-19-10-13-21(14-11-19)29-26(20-8-5-9-22(30)17-20)25(27(33)28(29)34)23(31)15-12-18-6-3-2-4-7-18/h2-11,13-14,17,26,30,33H,12,15-16H2,1H3. The van der Waals surface area contributed by atoms with E-state index in [9.17, 15) is 24.6 Å². The number of ketones is 1. The fourth-order valence-corrected chi connectivity index (χ4v) is 4.22. The van der Waals surface area contributed by atoms with Crippen LogP contribution in [-0.2, 0) is 32.0 Å². The number of aliphatic hydroxyl groups excluding tert-OH is 1. The van der Waals surface area contributed by atoms with Crippen molar-refractivity contribution in [1.29, 1.82) is 0 Å². The van der Waals surface area contributed by atoms with Gasteiger partial charge < -0.3 is 14.9 Å². The molecule has 0 spiro atoms. The highest BCUT2D eigenvalue weighted by Crippen LogP contribution is 2.42. The highest BCUT2D eigenvalue weighted by molar-refractivity contribution is 6.16. The van der Waals surface area contributed by atoms with Crippen LogP contribution in [0.3, 0.4) is 0 Å². The van der Waals surface area contributed by atoms with Crippen molar-refractivity contribution in [2.45, 2.75) is 25.3 Å². The van der Waals surface area contributed by atoms with E-state index in [0.717, 1.165) is 5.56 Å². The molecule has 7 heteroatoms. The van der Waals surface area contributed by atoms with E-state index in [2.05, 4.69) is 0 Å². The smallest absolute Gasteiger partial charge is 0.309 e. The second kappa shape index (κ2) is 10.3. The normalized spacial score (nSPS) is 15.4. The minimum absolute atomic E-state index is 0.00447. The molecule has 1 aliphatic heterocycles. The van der Waals surface area contributed by atoms with Crippen LogP contribution < -0.4 is 4.90 Å². The molecule has 1 atom stereocenters. The topological polar surface area (TPSA) is 104 Å². The summed E-state index contributed by atoms with van der Waals surface area (Å²) in [6.45, 7) is 0. The maximum absolute atomic E-state index is 13.3. The number of amides is 1. The molecule has 0 bridgehead atoms. The fourth-order valence-electron chi connectivity index (χ4n) is 4.22. The van der Waals surface area contributed by atoms with Gasteiger partial charge >= 0.3 is 5.97 Å². The van der Waals surface area contributed by atoms with Gasteiger partial charge in [0.1, 0.15) is 5.75 Å². The summed E-state index contributed by atoms with van der Waals surface area (Å²) in [5.41, 5.74) is 2.59. The van der Waals surface area contributed by atoms with Gasteiger partial charge in [0, 0.05) is 12.1 Å². The van der Waals surface area contributed by atoms with Crippen molar-refractivity contribution in [2.75, 3.05) is 12.0 Å². The average Bonchev–Trinajstić information content (AvgIpc) is 3.14. The first-order valence-electron chi connectivity index (χ1n) is 11.2. The molecule has 0 radical (unpaired) electrons. The van der Waals surface area contributed by atoms with Gasteiger partial charge in [0.05, 0.1) is 25.1 Å². The van der Waals surface area contributed by atoms with Gasteiger partial charge in [-0.15, -0.1) is 0 Å². The molecular formula is C28H25NO6. The molecule has 4 rings (SSSR count). The maximum Gasteiger partial charge on any atom is 0.309 e. The Kier molecular flexibility index (Phi) is 6.96. The Morgan fingerprint density at radius 1 is 0.914 bits per heavy atom. The number of methoxy groups -OCH3 is 1. The van der Waals surface area contributed by atoms with E-state index in [1.807, 2.05) is 30.3 Å². The molecule has 3 aromatic carbocycles. The van der Waals surface area contributed by atoms with Gasteiger partial charge in [-0.3, -0.25) is 19.3 Å². The summed E-state index contributed by atoms with van der Waals surface area (Å²) in [4.78, 5) is 39.4. The predicted octanol–water partition coefficient (Wildman–Crippen LogP) is 4.21. The lowest BCUT2D eigenvalue weighted by Crippen LogP contribution is -2.31. The van der Waals surface area contributed by atoms with Crippen LogP contribution in [0.15, 0.2) is 90.2 Å². The number of anilines is 1. The Hall–Kier alpha value is -4.39. The molecule has 1 amide bonds. The molecule has 0 fully saturated rings. The molecular weight excluding hydrogens is 446 g/mol. The molecule has 0 aromatic heterocycles. The summed E-state index contributed by atoms with van der Waals surface area (Å²) >= 11 is 0. The SMILES string of the molecule is COC(=O)Cc1ccc(N2C(=O)C(O)=C(C(=O)CCc3ccccc3)C2c2cccc(O)c2)cc1. The molecule has 1 aliphatic rings. The Morgan fingerprint density at radius 3 is 2.29 bits per heavy atom. The average molecular weight is 472 g/mol. The molecule has 3 aromatic rings. The van der Waals surface area contributed by atoms with Crippen molar-refractivity contribution in [3.05, 3.63) is 107 Å². The minimum Gasteiger partial charge on any atom is -0.508 e. The van der Waals surface area contributed by atoms with Crippen LogP contribution in [-0.4, -0.2) is 35.0 Å². The van der Waals surface area contributed by atoms with Crippen molar-refractivity contribution in [2.24, 2.45) is 0 Å². The zero-order chi connectivity index (χ0) is 24.9. The third kappa shape index (κ3) is 5.09. The molecule has 1 unspecified atom stereocenters. The van der Waals surface area contributed by atoms with Crippen LogP contribution in [0.4, 0.5) is 5.69 Å². The maximum atomic E-state index is 13.3. The van der Waals surface area contributed by atoms with E-state index in [4.69, 9.17) is 4.74 Å². The number of rotatable bonds is 8. The highest BCUT2D eigenvalue weighted by Gasteiger charge is 2.44. The minimum atomic E-state index is -0.913. The summed E-state index contributed by atoms with van der Waals surface area (Å²) in [6, 6.07) is 21.5. The zero-order valence-corrected chi connectivity index (χ0v) is 19.2. The lowest BCUT2D eigenvalue weighted by molar-refractivity contribution is -0.139. The lowest BCUT2D eigenvalue weighted by atomic mass is 9.93. The first kappa shape index (κ1) is 23.8. The molecule has 7 nitrogen and oxygen atoms in total. The quantitative estimate of drug-likeness (QED) is 0.477. The van der Waals surface area contributed by atoms with Gasteiger partial charge in [-0.05, 0) is 47.4 Å². The largest absolute Gasteiger partial charge is 0.508 e. The highest BCUT2D eigenvalue weighted by atomic mass is 16.5. The number of phenols is 1. The Morgan fingerprint density at radius 2 is 1.63 bits per heavy atom. The third-order valence-corrected chi connectivity index (χ3v) is 5.97. The van der Waals surface area contributed by atoms with Gasteiger partial charge in [-0.25, -0.2) is 0 Å². The van der Waals surface area contributed by atoms with Crippen molar-refractivity contribution < 1.29 is 29.3 Å². The van der Waals surface area contributed by atoms with Crippen LogP contribution in [0.25, 0.3) is 0 Å². The number of carbonyl (C=O) groups is 3. The number of hydrogen-bond acceptors (Lipinski definition) is 6. The summed E-state index contributed by atoms with van der Waals surface area (Å²) < 4.78 is 4.69. The molecule has 0 saturated heterocycles. The van der Waals surface area contributed by atoms with Crippen LogP contribution in [0, 0.1) is 0 Å². The number of aromatic hydroxyl groups is 1. The molecule has 178 valence electrons. The molecule has 0 aliphatic carbocycles. The number of aryl methyl sites for hydroxylation is 1. The van der Waals surface area contributed by atoms with E-state index < -0.39 is 23.7 Å². The first-order valence-corrected chi connectivity index (χ1v) is 11.2. The summed E-state index contributed by atoms with van der Waals surface area (Å²) in [6.07, 6.45) is 0.644. The number of hydrogen-bond donors (Lipinski definition) is 2. The van der Waals surface area contributed by atoms with E-state index >= 15 is 0 Å². The van der Waals surface area contributed by atoms with Crippen molar-refractivity contribution in [3.63, 3.8) is 0 Å². The summed E-state index contributed by atoms with van der Waals surface area (Å²) in [7, 11) is 1.31. The second-order valence-corrected chi connectivity index (χ2v) is 8.26. The molecule has 35 heavy (non-hydrogen) atoms. The van der Waals surface area contributed by atoms with Crippen LogP contribution in [0.5, 0.6) is 5.75 Å². The van der Waals surface area contributed by atoms with Crippen molar-refractivity contribution in [1.82, 2.24) is 0 Å². The number of Topliss-reactive ketones (excluding diaryl/α,β-unsaturated/α-hetero) is 1. The van der Waals surface area contributed by atoms with Crippen LogP contribution >= 0.6 is 0 Å². The number of benzene rings is 3. The number of nitrogens with zero attached hydrogens (tertiary/aromatic N) is 1. The molecule has 0 saturated carbocycles. The number of carbonyl (C=O) groups excluding carboxylic acids is 3. The summed E-state index contributed by atoms with van der Waals surface area (Å²) in [5.74, 6) is -2.07. The fraction of sp³-hybridized carbons (Fsp3) is 0.179. The Bertz CT molecular complexity index is 1280. The Balaban J connectivity index is 1.68. The molecule has 1 heterocycles. The third-order valence-electron chi connectivity index (χ3n) is 5.97. The number of phenolic OH excluding ortho intramolecular Hbond substituents is 1. The summed E-state index contributed by atoms with van der Waals surface area (Å²) in [5, 5.41) is 20.9. The van der Waals surface area contributed by atoms with Gasteiger partial charge in [0.15, 0.2) is 11.5 Å². The van der Waals surface area contributed by atoms with Crippen molar-refractivity contribution in [3.8, 4) is 5.75 Å². The number of ether oxygens (including phenoxy) is 1. The van der Waals surface area contributed by atoms with E-state index in [1.54, 1.807) is 36.4 Å². The first-order chi connectivity index (χ1) is 16.9. The van der Waals surface area contributed by atoms with Crippen LogP contribution in [0.2, 0.25) is 0 Å². The van der Waals surface area contributed by atoms with Gasteiger partial charge in [-0.2, -0.15) is 0 Å². The van der Waals surface area contributed by atoms with E-state index in [-0.39, 0.29) is 29.9 Å². The van der Waals surface area contributed by atoms with Gasteiger partial charge in [0.25, 0.3) is 5.91 Å². The number of esters is 1. The predicted molar refractivity (Wildman–Crippen MR) is 130 cm³/mol. The Labute approximate surface area is 202 Å². The lowest BCUT2D eigenvalue weighted by Gasteiger charge is -2.27.